The summed E-state index contributed by atoms with van der Waals surface area (Å²) >= 11 is 0. The summed E-state index contributed by atoms with van der Waals surface area (Å²) in [7, 11) is 0. The van der Waals surface area contributed by atoms with Gasteiger partial charge in [0.15, 0.2) is 11.9 Å². The van der Waals surface area contributed by atoms with Crippen molar-refractivity contribution in [3.63, 3.8) is 0 Å². The molecule has 4 nitrogen and oxygen atoms in total. The Bertz CT molecular complexity index is 614. The molecule has 4 aliphatic rings. The first kappa shape index (κ1) is 13.2. The van der Waals surface area contributed by atoms with Crippen LogP contribution < -0.4 is 5.32 Å². The molecule has 2 heterocycles. The minimum atomic E-state index is -0.0949. The third-order valence-electron chi connectivity index (χ3n) is 5.87. The molecule has 1 saturated carbocycles. The molecule has 1 spiro atoms. The highest BCUT2D eigenvalue weighted by Gasteiger charge is 2.56. The summed E-state index contributed by atoms with van der Waals surface area (Å²) in [5.74, 6) is 0.848. The van der Waals surface area contributed by atoms with Crippen molar-refractivity contribution in [2.45, 2.75) is 59.0 Å². The molecular weight excluding hydrogens is 262 g/mol. The van der Waals surface area contributed by atoms with Crippen LogP contribution in [0.15, 0.2) is 33.3 Å². The van der Waals surface area contributed by atoms with Gasteiger partial charge >= 0.3 is 0 Å². The van der Waals surface area contributed by atoms with Crippen molar-refractivity contribution in [3.05, 3.63) is 23.0 Å². The molecule has 0 amide bonds. The number of nitrogens with zero attached hydrogens (tertiary/aromatic N) is 2. The zero-order chi connectivity index (χ0) is 14.8. The molecule has 0 aromatic carbocycles. The average molecular weight is 285 g/mol. The number of nitrogens with one attached hydrogen (secondary N) is 1. The second-order valence-corrected chi connectivity index (χ2v) is 7.92. The molecule has 4 heteroatoms. The van der Waals surface area contributed by atoms with Crippen LogP contribution in [0.5, 0.6) is 0 Å². The molecule has 1 fully saturated rings. The fourth-order valence-corrected chi connectivity index (χ4v) is 5.01. The Morgan fingerprint density at radius 3 is 2.86 bits per heavy atom. The zero-order valence-electron chi connectivity index (χ0n) is 13.1. The van der Waals surface area contributed by atoms with Crippen molar-refractivity contribution >= 4 is 5.78 Å². The molecule has 0 aromatic rings. The molecular formula is C17H23N3O. The second-order valence-electron chi connectivity index (χ2n) is 7.92. The van der Waals surface area contributed by atoms with Gasteiger partial charge in [-0.3, -0.25) is 4.79 Å². The molecule has 0 saturated heterocycles. The van der Waals surface area contributed by atoms with E-state index in [-0.39, 0.29) is 17.0 Å². The summed E-state index contributed by atoms with van der Waals surface area (Å²) in [5, 5.41) is 12.0. The molecule has 0 bridgehead atoms. The summed E-state index contributed by atoms with van der Waals surface area (Å²) in [4.78, 5) is 13.0. The predicted octanol–water partition coefficient (Wildman–Crippen LogP) is 3.72. The quantitative estimate of drug-likeness (QED) is 0.737. The number of ketones is 1. The third kappa shape index (κ3) is 1.65. The number of carbonyl (C=O) groups excluding carboxylic acids is 1. The van der Waals surface area contributed by atoms with Gasteiger partial charge in [0, 0.05) is 28.7 Å². The second kappa shape index (κ2) is 4.05. The Hall–Kier alpha value is -1.45. The molecule has 0 radical (unpaired) electrons. The number of fused-ring (bicyclic) bond motifs is 3. The van der Waals surface area contributed by atoms with E-state index in [2.05, 4.69) is 36.3 Å². The Kier molecular flexibility index (Phi) is 2.55. The maximum absolute atomic E-state index is 13.0. The largest absolute Gasteiger partial charge is 0.362 e. The van der Waals surface area contributed by atoms with Crippen molar-refractivity contribution in [1.29, 1.82) is 0 Å². The van der Waals surface area contributed by atoms with Gasteiger partial charge in [-0.15, -0.1) is 0 Å². The summed E-state index contributed by atoms with van der Waals surface area (Å²) < 4.78 is 0. The van der Waals surface area contributed by atoms with E-state index in [9.17, 15) is 4.79 Å². The normalized spacial score (nSPS) is 40.1. The predicted molar refractivity (Wildman–Crippen MR) is 80.4 cm³/mol. The van der Waals surface area contributed by atoms with Crippen LogP contribution in [-0.2, 0) is 4.79 Å². The lowest BCUT2D eigenvalue weighted by atomic mass is 9.59. The van der Waals surface area contributed by atoms with Gasteiger partial charge in [0.25, 0.3) is 0 Å². The maximum Gasteiger partial charge on any atom is 0.164 e. The first-order valence-electron chi connectivity index (χ1n) is 8.08. The Morgan fingerprint density at radius 1 is 1.33 bits per heavy atom. The van der Waals surface area contributed by atoms with Crippen LogP contribution in [0.1, 0.15) is 52.9 Å². The smallest absolute Gasteiger partial charge is 0.164 e. The van der Waals surface area contributed by atoms with Gasteiger partial charge in [0.05, 0.1) is 6.20 Å². The van der Waals surface area contributed by atoms with Gasteiger partial charge in [-0.05, 0) is 30.6 Å². The molecule has 21 heavy (non-hydrogen) atoms. The Morgan fingerprint density at radius 2 is 2.14 bits per heavy atom. The molecule has 1 N–H and O–H groups in total. The number of rotatable bonds is 0. The van der Waals surface area contributed by atoms with Crippen LogP contribution in [0, 0.1) is 16.7 Å². The van der Waals surface area contributed by atoms with Crippen LogP contribution >= 0.6 is 0 Å². The van der Waals surface area contributed by atoms with Crippen molar-refractivity contribution < 1.29 is 4.79 Å². The number of allylic oxidation sites excluding steroid dienone is 2. The van der Waals surface area contributed by atoms with Crippen molar-refractivity contribution in [1.82, 2.24) is 5.32 Å². The van der Waals surface area contributed by atoms with Gasteiger partial charge in [0.1, 0.15) is 0 Å². The zero-order valence-corrected chi connectivity index (χ0v) is 13.1. The number of carbonyl (C=O) groups is 1. The first-order valence-corrected chi connectivity index (χ1v) is 8.08. The average Bonchev–Trinajstić information content (AvgIpc) is 2.96. The lowest BCUT2D eigenvalue weighted by Crippen LogP contribution is -2.50. The van der Waals surface area contributed by atoms with Crippen molar-refractivity contribution in [2.75, 3.05) is 0 Å². The number of hydrogen-bond donors (Lipinski definition) is 1. The third-order valence-corrected chi connectivity index (χ3v) is 5.87. The van der Waals surface area contributed by atoms with E-state index in [1.807, 2.05) is 6.20 Å². The van der Waals surface area contributed by atoms with Crippen LogP contribution in [0.4, 0.5) is 0 Å². The van der Waals surface area contributed by atoms with Crippen molar-refractivity contribution in [3.8, 4) is 0 Å². The van der Waals surface area contributed by atoms with E-state index in [0.29, 0.717) is 18.1 Å². The van der Waals surface area contributed by atoms with E-state index in [1.54, 1.807) is 0 Å². The highest BCUT2D eigenvalue weighted by molar-refractivity contribution is 6.00. The van der Waals surface area contributed by atoms with E-state index < -0.39 is 0 Å². The van der Waals surface area contributed by atoms with E-state index in [1.165, 1.54) is 18.4 Å². The van der Waals surface area contributed by atoms with Gasteiger partial charge in [0.2, 0.25) is 0 Å². The van der Waals surface area contributed by atoms with Gasteiger partial charge in [-0.25, -0.2) is 0 Å². The van der Waals surface area contributed by atoms with E-state index in [4.69, 9.17) is 0 Å². The summed E-state index contributed by atoms with van der Waals surface area (Å²) in [6.07, 6.45) is 6.95. The minimum Gasteiger partial charge on any atom is -0.362 e. The number of Topliss-reactive ketones (excluding diaryl/α,β-unsaturated/α-hetero) is 1. The molecule has 2 aliphatic heterocycles. The van der Waals surface area contributed by atoms with Crippen LogP contribution in [-0.4, -0.2) is 11.9 Å². The molecule has 0 aromatic heterocycles. The molecule has 1 unspecified atom stereocenters. The number of hydrogen-bond acceptors (Lipinski definition) is 4. The maximum atomic E-state index is 13.0. The van der Waals surface area contributed by atoms with Gasteiger partial charge < -0.3 is 5.32 Å². The lowest BCUT2D eigenvalue weighted by molar-refractivity contribution is -0.119. The van der Waals surface area contributed by atoms with E-state index >= 15 is 0 Å². The van der Waals surface area contributed by atoms with Gasteiger partial charge in [-0.1, -0.05) is 27.2 Å². The first-order chi connectivity index (χ1) is 9.94. The summed E-state index contributed by atoms with van der Waals surface area (Å²) in [6, 6.07) is 0. The fraction of sp³-hybridized carbons (Fsp3) is 0.706. The van der Waals surface area contributed by atoms with Crippen LogP contribution in [0.3, 0.4) is 0 Å². The highest BCUT2D eigenvalue weighted by atomic mass is 16.1. The molecule has 2 aliphatic carbocycles. The standard InChI is InChI=1S/C17H23N3O/c1-10-5-4-6-17(10)11-9-18-20-15(11)19-12-7-16(2,3)8-13(21)14(12)17/h9-10,15,19H,4-8H2,1-3H3/t10-,15?,17+/m0/s1. The Balaban J connectivity index is 1.92. The SMILES string of the molecule is C[C@H]1CCC[C@]12C1=CN=NC1NC1=C2C(=O)CC(C)(C)C1. The van der Waals surface area contributed by atoms with E-state index in [0.717, 1.165) is 24.1 Å². The summed E-state index contributed by atoms with van der Waals surface area (Å²) in [5.41, 5.74) is 3.40. The lowest BCUT2D eigenvalue weighted by Gasteiger charge is -2.48. The highest BCUT2D eigenvalue weighted by Crippen LogP contribution is 2.60. The monoisotopic (exact) mass is 285 g/mol. The number of azo groups is 1. The molecule has 4 rings (SSSR count). The van der Waals surface area contributed by atoms with Gasteiger partial charge in [-0.2, -0.15) is 10.2 Å². The fourth-order valence-electron chi connectivity index (χ4n) is 5.01. The molecule has 112 valence electrons. The summed E-state index contributed by atoms with van der Waals surface area (Å²) in [6.45, 7) is 6.66. The minimum absolute atomic E-state index is 0.0361. The Labute approximate surface area is 125 Å². The van der Waals surface area contributed by atoms with Crippen LogP contribution in [0.25, 0.3) is 0 Å². The van der Waals surface area contributed by atoms with Crippen molar-refractivity contribution in [2.24, 2.45) is 27.0 Å². The van der Waals surface area contributed by atoms with Crippen LogP contribution in [0.2, 0.25) is 0 Å². The topological polar surface area (TPSA) is 53.8 Å². The molecule has 3 atom stereocenters.